The number of amides is 1. The Hall–Kier alpha value is -2.99. The van der Waals surface area contributed by atoms with Gasteiger partial charge in [0, 0.05) is 0 Å². The van der Waals surface area contributed by atoms with Crippen LogP contribution in [0.1, 0.15) is 31.0 Å². The quantitative estimate of drug-likeness (QED) is 0.560. The van der Waals surface area contributed by atoms with Gasteiger partial charge in [-0.2, -0.15) is 5.26 Å². The highest BCUT2D eigenvalue weighted by Gasteiger charge is 2.21. The molecule has 3 N–H and O–H groups in total. The Bertz CT molecular complexity index is 913. The Morgan fingerprint density at radius 3 is 2.79 bits per heavy atom. The number of rotatable bonds is 6. The molecular weight excluding hydrogens is 378 g/mol. The lowest BCUT2D eigenvalue weighted by Crippen LogP contribution is -2.33. The predicted molar refractivity (Wildman–Crippen MR) is 105 cm³/mol. The molecule has 1 amide bonds. The van der Waals surface area contributed by atoms with Gasteiger partial charge in [0.25, 0.3) is 0 Å². The number of nitrogens with one attached hydrogen (secondary N) is 1. The number of aromatic nitrogens is 2. The van der Waals surface area contributed by atoms with Gasteiger partial charge in [-0.05, 0) is 23.6 Å². The first-order valence-electron chi connectivity index (χ1n) is 8.82. The van der Waals surface area contributed by atoms with Gasteiger partial charge >= 0.3 is 0 Å². The summed E-state index contributed by atoms with van der Waals surface area (Å²) in [4.78, 5) is 20.5. The first kappa shape index (κ1) is 19.8. The Morgan fingerprint density at radius 2 is 2.11 bits per heavy atom. The van der Waals surface area contributed by atoms with E-state index in [1.807, 2.05) is 38.1 Å². The van der Waals surface area contributed by atoms with E-state index in [2.05, 4.69) is 15.3 Å². The summed E-state index contributed by atoms with van der Waals surface area (Å²) in [6.07, 6.45) is 1.36. The molecule has 0 radical (unpaired) electrons. The summed E-state index contributed by atoms with van der Waals surface area (Å²) in [5.41, 5.74) is 6.85. The number of fused-ring (bicyclic) bond motifs is 1. The van der Waals surface area contributed by atoms with Crippen molar-refractivity contribution in [3.05, 3.63) is 35.5 Å². The number of nitriles is 1. The summed E-state index contributed by atoms with van der Waals surface area (Å²) in [6, 6.07) is 7.46. The molecule has 3 rings (SSSR count). The highest BCUT2D eigenvalue weighted by Crippen LogP contribution is 2.34. The molecule has 0 saturated carbocycles. The number of carbonyl (C=O) groups is 1. The molecule has 0 unspecified atom stereocenters. The van der Waals surface area contributed by atoms with Gasteiger partial charge in [0.05, 0.1) is 18.0 Å². The van der Waals surface area contributed by atoms with Crippen LogP contribution >= 0.6 is 11.8 Å². The molecule has 2 heterocycles. The number of hydrogen-bond donors (Lipinski definition) is 2. The largest absolute Gasteiger partial charge is 0.486 e. The van der Waals surface area contributed by atoms with Gasteiger partial charge in [-0.25, -0.2) is 9.97 Å². The van der Waals surface area contributed by atoms with Crippen molar-refractivity contribution in [2.75, 3.05) is 24.7 Å². The molecule has 28 heavy (non-hydrogen) atoms. The molecule has 1 aromatic heterocycles. The molecular formula is C19H21N5O3S. The molecule has 146 valence electrons. The molecule has 1 aliphatic heterocycles. The molecule has 1 aliphatic rings. The fraction of sp³-hybridized carbons (Fsp3) is 0.368. The van der Waals surface area contributed by atoms with Gasteiger partial charge in [0.1, 0.15) is 30.7 Å². The van der Waals surface area contributed by atoms with Crippen LogP contribution in [0.25, 0.3) is 0 Å². The number of anilines is 1. The third-order valence-corrected chi connectivity index (χ3v) is 5.02. The van der Waals surface area contributed by atoms with Crippen LogP contribution in [0, 0.1) is 17.2 Å². The molecule has 9 heteroatoms. The molecule has 8 nitrogen and oxygen atoms in total. The Labute approximate surface area is 167 Å². The smallest absolute Gasteiger partial charge is 0.230 e. The number of ether oxygens (including phenoxy) is 2. The van der Waals surface area contributed by atoms with Crippen LogP contribution < -0.4 is 20.5 Å². The van der Waals surface area contributed by atoms with Crippen molar-refractivity contribution in [2.24, 2.45) is 5.92 Å². The summed E-state index contributed by atoms with van der Waals surface area (Å²) < 4.78 is 11.2. The van der Waals surface area contributed by atoms with Crippen molar-refractivity contribution >= 4 is 23.5 Å². The fourth-order valence-corrected chi connectivity index (χ4v) is 3.40. The second-order valence-corrected chi connectivity index (χ2v) is 7.49. The first-order chi connectivity index (χ1) is 13.5. The van der Waals surface area contributed by atoms with Crippen LogP contribution in [-0.2, 0) is 4.79 Å². The Balaban J connectivity index is 1.65. The van der Waals surface area contributed by atoms with E-state index in [9.17, 15) is 4.79 Å². The third-order valence-electron chi connectivity index (χ3n) is 4.16. The van der Waals surface area contributed by atoms with Crippen molar-refractivity contribution in [1.29, 1.82) is 5.26 Å². The van der Waals surface area contributed by atoms with Crippen molar-refractivity contribution in [3.63, 3.8) is 0 Å². The number of nitrogen functional groups attached to an aromatic ring is 1. The summed E-state index contributed by atoms with van der Waals surface area (Å²) in [5.74, 6) is 1.69. The van der Waals surface area contributed by atoms with Crippen LogP contribution in [0.5, 0.6) is 11.5 Å². The maximum Gasteiger partial charge on any atom is 0.230 e. The van der Waals surface area contributed by atoms with Gasteiger partial charge in [0.15, 0.2) is 16.7 Å². The minimum absolute atomic E-state index is 0.108. The van der Waals surface area contributed by atoms with Gasteiger partial charge in [-0.1, -0.05) is 31.7 Å². The van der Waals surface area contributed by atoms with Gasteiger partial charge < -0.3 is 20.5 Å². The Morgan fingerprint density at radius 1 is 1.36 bits per heavy atom. The summed E-state index contributed by atoms with van der Waals surface area (Å²) in [7, 11) is 0. The molecule has 1 aromatic carbocycles. The van der Waals surface area contributed by atoms with E-state index in [0.29, 0.717) is 24.1 Å². The van der Waals surface area contributed by atoms with Crippen molar-refractivity contribution in [2.45, 2.75) is 25.0 Å². The van der Waals surface area contributed by atoms with Gasteiger partial charge in [-0.15, -0.1) is 0 Å². The zero-order chi connectivity index (χ0) is 20.1. The number of nitrogens with zero attached hydrogens (tertiary/aromatic N) is 3. The number of nitrogens with two attached hydrogens (primary N) is 1. The lowest BCUT2D eigenvalue weighted by molar-refractivity contribution is -0.119. The van der Waals surface area contributed by atoms with E-state index < -0.39 is 0 Å². The predicted octanol–water partition coefficient (Wildman–Crippen LogP) is 2.31. The van der Waals surface area contributed by atoms with Crippen molar-refractivity contribution < 1.29 is 14.3 Å². The minimum atomic E-state index is -0.170. The molecule has 2 aromatic rings. The zero-order valence-electron chi connectivity index (χ0n) is 15.6. The maximum atomic E-state index is 12.5. The second kappa shape index (κ2) is 8.80. The maximum absolute atomic E-state index is 12.5. The van der Waals surface area contributed by atoms with Crippen LogP contribution in [-0.4, -0.2) is 34.8 Å². The second-order valence-electron chi connectivity index (χ2n) is 6.54. The molecule has 1 atom stereocenters. The number of thioether (sulfide) groups is 1. The first-order valence-corrected chi connectivity index (χ1v) is 9.81. The zero-order valence-corrected chi connectivity index (χ0v) is 16.5. The number of hydrogen-bond acceptors (Lipinski definition) is 8. The van der Waals surface area contributed by atoms with Gasteiger partial charge in [-0.3, -0.25) is 4.79 Å². The highest BCUT2D eigenvalue weighted by atomic mass is 32.2. The van der Waals surface area contributed by atoms with Crippen molar-refractivity contribution in [1.82, 2.24) is 15.3 Å². The van der Waals surface area contributed by atoms with E-state index >= 15 is 0 Å². The molecule has 0 aliphatic carbocycles. The molecule has 0 bridgehead atoms. The summed E-state index contributed by atoms with van der Waals surface area (Å²) in [5, 5.41) is 12.3. The average Bonchev–Trinajstić information content (AvgIpc) is 2.70. The Kier molecular flexibility index (Phi) is 6.21. The molecule has 0 fully saturated rings. The van der Waals surface area contributed by atoms with E-state index in [1.165, 1.54) is 18.0 Å². The standard InChI is InChI=1S/C19H21N5O3S/c1-11(2)17(12-3-4-14-15(7-12)27-6-5-26-14)23-16(25)10-28-19-22-9-13(8-20)18(21)24-19/h3-4,7,9,11,17H,5-6,10H2,1-2H3,(H,23,25)(H2,21,22,24)/t17-/m0/s1. The van der Waals surface area contributed by atoms with Gasteiger partial charge in [0.2, 0.25) is 5.91 Å². The normalized spacial score (nSPS) is 13.6. The highest BCUT2D eigenvalue weighted by molar-refractivity contribution is 7.99. The fourth-order valence-electron chi connectivity index (χ4n) is 2.77. The van der Waals surface area contributed by atoms with Crippen LogP contribution in [0.4, 0.5) is 5.82 Å². The topological polar surface area (TPSA) is 123 Å². The van der Waals surface area contributed by atoms with E-state index in [0.717, 1.165) is 11.3 Å². The van der Waals surface area contributed by atoms with Crippen molar-refractivity contribution in [3.8, 4) is 17.6 Å². The molecule has 0 spiro atoms. The third kappa shape index (κ3) is 4.64. The number of carbonyl (C=O) groups excluding carboxylic acids is 1. The van der Waals surface area contributed by atoms with E-state index in [1.54, 1.807) is 0 Å². The summed E-state index contributed by atoms with van der Waals surface area (Å²) in [6.45, 7) is 5.13. The van der Waals surface area contributed by atoms with E-state index in [4.69, 9.17) is 20.5 Å². The van der Waals surface area contributed by atoms with Crippen LogP contribution in [0.3, 0.4) is 0 Å². The lowest BCUT2D eigenvalue weighted by Gasteiger charge is -2.25. The minimum Gasteiger partial charge on any atom is -0.486 e. The van der Waals surface area contributed by atoms with Crippen LogP contribution in [0.2, 0.25) is 0 Å². The lowest BCUT2D eigenvalue weighted by atomic mass is 9.95. The molecule has 0 saturated heterocycles. The number of benzene rings is 1. The van der Waals surface area contributed by atoms with E-state index in [-0.39, 0.29) is 35.0 Å². The average molecular weight is 399 g/mol. The summed E-state index contributed by atoms with van der Waals surface area (Å²) >= 11 is 1.17. The SMILES string of the molecule is CC(C)[C@H](NC(=O)CSc1ncc(C#N)c(N)n1)c1ccc2c(c1)OCCO2. The van der Waals surface area contributed by atoms with Crippen LogP contribution in [0.15, 0.2) is 29.6 Å². The monoisotopic (exact) mass is 399 g/mol.